The zero-order chi connectivity index (χ0) is 19.7. The highest BCUT2D eigenvalue weighted by atomic mass is 16.5. The van der Waals surface area contributed by atoms with E-state index in [2.05, 4.69) is 22.2 Å². The molecule has 2 atom stereocenters. The summed E-state index contributed by atoms with van der Waals surface area (Å²) < 4.78 is 16.7. The van der Waals surface area contributed by atoms with Crippen molar-refractivity contribution in [2.45, 2.75) is 38.6 Å². The lowest BCUT2D eigenvalue weighted by Gasteiger charge is -2.39. The van der Waals surface area contributed by atoms with Gasteiger partial charge in [-0.2, -0.15) is 0 Å². The number of rotatable bonds is 5. The van der Waals surface area contributed by atoms with Gasteiger partial charge in [-0.15, -0.1) is 0 Å². The van der Waals surface area contributed by atoms with Crippen molar-refractivity contribution in [1.82, 2.24) is 4.98 Å². The fourth-order valence-electron chi connectivity index (χ4n) is 3.85. The van der Waals surface area contributed by atoms with Crippen molar-refractivity contribution in [3.05, 3.63) is 41.6 Å². The van der Waals surface area contributed by atoms with Gasteiger partial charge < -0.3 is 24.9 Å². The minimum Gasteiger partial charge on any atom is -0.493 e. The predicted octanol–water partition coefficient (Wildman–Crippen LogP) is 2.97. The Kier molecular flexibility index (Phi) is 4.70. The summed E-state index contributed by atoms with van der Waals surface area (Å²) in [7, 11) is 0. The zero-order valence-electron chi connectivity index (χ0n) is 16.0. The van der Waals surface area contributed by atoms with Crippen LogP contribution in [0.5, 0.6) is 5.75 Å². The molecule has 28 heavy (non-hydrogen) atoms. The van der Waals surface area contributed by atoms with Crippen LogP contribution in [0.2, 0.25) is 0 Å². The van der Waals surface area contributed by atoms with E-state index >= 15 is 0 Å². The van der Waals surface area contributed by atoms with Crippen LogP contribution in [-0.2, 0) is 10.3 Å². The molecule has 0 radical (unpaired) electrons. The highest BCUT2D eigenvalue weighted by Gasteiger charge is 2.49. The van der Waals surface area contributed by atoms with Crippen LogP contribution < -0.4 is 15.8 Å². The first kappa shape index (κ1) is 18.3. The molecule has 1 amide bonds. The third-order valence-corrected chi connectivity index (χ3v) is 5.33. The van der Waals surface area contributed by atoms with Crippen molar-refractivity contribution in [2.24, 2.45) is 16.6 Å². The van der Waals surface area contributed by atoms with Crippen molar-refractivity contribution in [2.75, 3.05) is 18.5 Å². The molecule has 1 unspecified atom stereocenters. The maximum absolute atomic E-state index is 12.4. The molecule has 3 heterocycles. The molecular weight excluding hydrogens is 360 g/mol. The van der Waals surface area contributed by atoms with Crippen molar-refractivity contribution < 1.29 is 18.7 Å². The Morgan fingerprint density at radius 1 is 1.39 bits per heavy atom. The number of nitrogens with zero attached hydrogens (tertiary/aromatic N) is 2. The van der Waals surface area contributed by atoms with Gasteiger partial charge in [0.2, 0.25) is 0 Å². The molecule has 2 aromatic rings. The maximum atomic E-state index is 12.4. The summed E-state index contributed by atoms with van der Waals surface area (Å²) in [5, 5.41) is 2.86. The van der Waals surface area contributed by atoms with Crippen molar-refractivity contribution in [3.63, 3.8) is 0 Å². The summed E-state index contributed by atoms with van der Waals surface area (Å²) in [4.78, 5) is 21.2. The van der Waals surface area contributed by atoms with Crippen molar-refractivity contribution in [3.8, 4) is 5.75 Å². The summed E-state index contributed by atoms with van der Waals surface area (Å²) in [5.74, 6) is 1.00. The lowest BCUT2D eigenvalue weighted by atomic mass is 9.75. The predicted molar refractivity (Wildman–Crippen MR) is 103 cm³/mol. The number of nitrogens with two attached hydrogens (primary N) is 1. The van der Waals surface area contributed by atoms with E-state index in [1.165, 1.54) is 6.26 Å². The van der Waals surface area contributed by atoms with Gasteiger partial charge in [-0.3, -0.25) is 4.79 Å². The number of carbonyl (C=O) groups excluding carboxylic acids is 1. The SMILES string of the molecule is CCCC[C@@H]1COc2ccc(NC(=O)c3coc(C)n3)cc2C12COC(N)=N2. The summed E-state index contributed by atoms with van der Waals surface area (Å²) in [5.41, 5.74) is 7.04. The first-order valence-electron chi connectivity index (χ1n) is 9.51. The molecule has 0 saturated carbocycles. The van der Waals surface area contributed by atoms with Gasteiger partial charge in [0.1, 0.15) is 24.2 Å². The van der Waals surface area contributed by atoms with E-state index < -0.39 is 5.54 Å². The van der Waals surface area contributed by atoms with Crippen LogP contribution in [0, 0.1) is 12.8 Å². The molecule has 3 N–H and O–H groups in total. The number of hydrogen-bond acceptors (Lipinski definition) is 7. The van der Waals surface area contributed by atoms with Gasteiger partial charge >= 0.3 is 0 Å². The van der Waals surface area contributed by atoms with Crippen molar-refractivity contribution >= 4 is 17.6 Å². The van der Waals surface area contributed by atoms with E-state index in [0.717, 1.165) is 30.6 Å². The maximum Gasteiger partial charge on any atom is 0.283 e. The first-order chi connectivity index (χ1) is 13.5. The van der Waals surface area contributed by atoms with Gasteiger partial charge in [-0.1, -0.05) is 19.8 Å². The molecule has 1 aromatic heterocycles. The highest BCUT2D eigenvalue weighted by molar-refractivity contribution is 6.02. The van der Waals surface area contributed by atoms with Crippen molar-refractivity contribution in [1.29, 1.82) is 0 Å². The number of anilines is 1. The van der Waals surface area contributed by atoms with E-state index in [1.54, 1.807) is 13.0 Å². The Balaban J connectivity index is 1.66. The summed E-state index contributed by atoms with van der Waals surface area (Å²) in [6.45, 7) is 4.79. The van der Waals surface area contributed by atoms with Gasteiger partial charge in [-0.05, 0) is 24.6 Å². The van der Waals surface area contributed by atoms with Crippen LogP contribution in [0.25, 0.3) is 0 Å². The van der Waals surface area contributed by atoms with Gasteiger partial charge in [-0.25, -0.2) is 9.98 Å². The van der Waals surface area contributed by atoms with E-state index in [9.17, 15) is 4.79 Å². The number of oxazole rings is 1. The van der Waals surface area contributed by atoms with Gasteiger partial charge in [0.25, 0.3) is 11.9 Å². The molecule has 0 aliphatic carbocycles. The van der Waals surface area contributed by atoms with Gasteiger partial charge in [0, 0.05) is 24.1 Å². The fourth-order valence-corrected chi connectivity index (χ4v) is 3.85. The second kappa shape index (κ2) is 7.18. The molecule has 0 bridgehead atoms. The lowest BCUT2D eigenvalue weighted by molar-refractivity contribution is 0.0970. The second-order valence-corrected chi connectivity index (χ2v) is 7.23. The molecule has 8 heteroatoms. The molecule has 4 rings (SSSR count). The van der Waals surface area contributed by atoms with E-state index in [4.69, 9.17) is 19.6 Å². The number of nitrogens with one attached hydrogen (secondary N) is 1. The minimum absolute atomic E-state index is 0.158. The van der Waals surface area contributed by atoms with Gasteiger partial charge in [0.05, 0.1) is 6.61 Å². The third kappa shape index (κ3) is 3.19. The number of aliphatic imine (C=N–C) groups is 1. The Hall–Kier alpha value is -3.03. The molecule has 148 valence electrons. The van der Waals surface area contributed by atoms with Crippen LogP contribution in [0.4, 0.5) is 5.69 Å². The molecule has 8 nitrogen and oxygen atoms in total. The quantitative estimate of drug-likeness (QED) is 0.820. The van der Waals surface area contributed by atoms with E-state index in [-0.39, 0.29) is 23.5 Å². The molecule has 1 spiro atoms. The number of fused-ring (bicyclic) bond motifs is 2. The topological polar surface area (TPSA) is 112 Å². The van der Waals surface area contributed by atoms with Crippen LogP contribution in [0.3, 0.4) is 0 Å². The van der Waals surface area contributed by atoms with Crippen LogP contribution >= 0.6 is 0 Å². The Morgan fingerprint density at radius 2 is 2.25 bits per heavy atom. The average Bonchev–Trinajstić information content (AvgIpc) is 3.28. The monoisotopic (exact) mass is 384 g/mol. The Bertz CT molecular complexity index is 923. The minimum atomic E-state index is -0.585. The largest absolute Gasteiger partial charge is 0.493 e. The van der Waals surface area contributed by atoms with Gasteiger partial charge in [0.15, 0.2) is 11.6 Å². The van der Waals surface area contributed by atoms with Crippen LogP contribution in [0.15, 0.2) is 33.9 Å². The molecule has 0 saturated heterocycles. The summed E-state index contributed by atoms with van der Waals surface area (Å²) in [6, 6.07) is 5.74. The molecular formula is C20H24N4O4. The number of benzene rings is 1. The zero-order valence-corrected chi connectivity index (χ0v) is 16.0. The number of unbranched alkanes of at least 4 members (excludes halogenated alkanes) is 1. The Labute approximate surface area is 163 Å². The second-order valence-electron chi connectivity index (χ2n) is 7.23. The number of ether oxygens (including phenoxy) is 2. The molecule has 0 fully saturated rings. The highest BCUT2D eigenvalue weighted by Crippen LogP contribution is 2.48. The van der Waals surface area contributed by atoms with E-state index in [1.807, 2.05) is 12.1 Å². The molecule has 1 aromatic carbocycles. The number of amides is 1. The summed E-state index contributed by atoms with van der Waals surface area (Å²) in [6.07, 6.45) is 4.46. The first-order valence-corrected chi connectivity index (χ1v) is 9.51. The van der Waals surface area contributed by atoms with Crippen LogP contribution in [0.1, 0.15) is 48.1 Å². The standard InChI is InChI=1S/C20H24N4O4/c1-3-4-5-13-9-27-17-7-6-14(23-18(25)16-10-26-12(2)22-16)8-15(17)20(13)11-28-19(21)24-20/h6-8,10,13H,3-5,9,11H2,1-2H3,(H2,21,24)(H,23,25)/t13-,20?/m1/s1. The fraction of sp³-hybridized carbons (Fsp3) is 0.450. The lowest BCUT2D eigenvalue weighted by Crippen LogP contribution is -2.42. The average molecular weight is 384 g/mol. The normalized spacial score (nSPS) is 22.9. The number of carbonyl (C=O) groups is 1. The number of hydrogen-bond donors (Lipinski definition) is 2. The van der Waals surface area contributed by atoms with Crippen LogP contribution in [-0.4, -0.2) is 30.1 Å². The summed E-state index contributed by atoms with van der Waals surface area (Å²) >= 11 is 0. The third-order valence-electron chi connectivity index (χ3n) is 5.33. The number of aromatic nitrogens is 1. The number of aryl methyl sites for hydroxylation is 1. The molecule has 2 aliphatic rings. The van der Waals surface area contributed by atoms with E-state index in [0.29, 0.717) is 24.8 Å². The smallest absolute Gasteiger partial charge is 0.283 e. The number of amidine groups is 1. The molecule has 2 aliphatic heterocycles. The Morgan fingerprint density at radius 3 is 2.93 bits per heavy atom.